The van der Waals surface area contributed by atoms with Gasteiger partial charge in [0.2, 0.25) is 0 Å². The van der Waals surface area contributed by atoms with Crippen molar-refractivity contribution >= 4 is 59.6 Å². The number of nitrogens with one attached hydrogen (secondary N) is 2. The van der Waals surface area contributed by atoms with Crippen molar-refractivity contribution in [1.29, 1.82) is 0 Å². The van der Waals surface area contributed by atoms with E-state index < -0.39 is 22.8 Å². The third kappa shape index (κ3) is 15.3. The van der Waals surface area contributed by atoms with Gasteiger partial charge >= 0.3 is 12.2 Å². The summed E-state index contributed by atoms with van der Waals surface area (Å²) in [5.74, 6) is -1.51. The largest absolute Gasteiger partial charge is 0.444 e. The Kier molecular flexibility index (Phi) is 20.5. The van der Waals surface area contributed by atoms with E-state index in [1.807, 2.05) is 56.2 Å². The van der Waals surface area contributed by atoms with Gasteiger partial charge in [-0.25, -0.2) is 18.4 Å². The number of carbonyl (C=O) groups excluding carboxylic acids is 4. The first-order chi connectivity index (χ1) is 31.8. The number of benzene rings is 2. The van der Waals surface area contributed by atoms with E-state index in [2.05, 4.69) is 10.6 Å². The summed E-state index contributed by atoms with van der Waals surface area (Å²) in [7, 11) is 0. The Labute approximate surface area is 419 Å². The molecular formula is C51H75Cl3F2N6O6. The molecule has 2 aromatic carbocycles. The minimum absolute atomic E-state index is 0. The molecule has 68 heavy (non-hydrogen) atoms. The highest BCUT2D eigenvalue weighted by atomic mass is 35.5. The Morgan fingerprint density at radius 2 is 1.04 bits per heavy atom. The summed E-state index contributed by atoms with van der Waals surface area (Å²) in [5, 5.41) is 6.78. The van der Waals surface area contributed by atoms with Gasteiger partial charge in [-0.15, -0.1) is 12.4 Å². The van der Waals surface area contributed by atoms with Gasteiger partial charge in [0.25, 0.3) is 11.8 Å². The van der Waals surface area contributed by atoms with Gasteiger partial charge in [0, 0.05) is 62.9 Å². The quantitative estimate of drug-likeness (QED) is 0.268. The van der Waals surface area contributed by atoms with Crippen molar-refractivity contribution in [3.8, 4) is 0 Å². The lowest BCUT2D eigenvalue weighted by molar-refractivity contribution is 0.0263. The number of amides is 4. The SMILES string of the molecule is CC(C)(C)OC(=O)N1CC[C@H](N(C(=O)c2cccc(F)c2Cl)C2CCCC2)C1.CC(C)(C)OC(=O)N1CC[C@H](NC2CCCC2)C1.Cl.O=C(c1cccc(F)c1Cl)N(C1CCCC1)[C@H]1CCNC1. The Morgan fingerprint density at radius 3 is 1.50 bits per heavy atom. The summed E-state index contributed by atoms with van der Waals surface area (Å²) in [6.07, 6.45) is 15.8. The Hall–Kier alpha value is -3.43. The highest BCUT2D eigenvalue weighted by molar-refractivity contribution is 6.34. The van der Waals surface area contributed by atoms with Gasteiger partial charge in [0.1, 0.15) is 22.8 Å². The molecule has 6 fully saturated rings. The van der Waals surface area contributed by atoms with Crippen LogP contribution in [0.4, 0.5) is 18.4 Å². The van der Waals surface area contributed by atoms with Crippen LogP contribution in [0, 0.1) is 11.6 Å². The number of halogens is 5. The second kappa shape index (κ2) is 25.1. The van der Waals surface area contributed by atoms with Gasteiger partial charge in [-0.1, -0.05) is 73.9 Å². The Balaban J connectivity index is 0.000000194. The Bertz CT molecular complexity index is 1980. The van der Waals surface area contributed by atoms with Crippen LogP contribution >= 0.6 is 35.6 Å². The van der Waals surface area contributed by atoms with E-state index in [1.54, 1.807) is 23.1 Å². The fraction of sp³-hybridized carbons (Fsp3) is 0.686. The fourth-order valence-corrected chi connectivity index (χ4v) is 10.8. The molecular weight excluding hydrogens is 937 g/mol. The summed E-state index contributed by atoms with van der Waals surface area (Å²) in [5.41, 5.74) is -0.487. The third-order valence-electron chi connectivity index (χ3n) is 13.6. The molecule has 380 valence electrons. The standard InChI is InChI=1S/C21H28ClFN2O3.C16H20ClFN2O.C14H26N2O2.ClH/c1-21(2,3)28-20(27)24-12-11-15(13-24)25(14-7-4-5-8-14)19(26)16-9-6-10-17(23)18(16)22;17-15-13(6-3-7-14(15)18)16(21)20(11-4-1-2-5-11)12-8-9-19-10-12;1-14(2,3)18-13(17)16-9-8-12(10-16)15-11-6-4-5-7-11;/h6,9-10,14-15H,4-5,7-8,11-13H2,1-3H3;3,6-7,11-12,19H,1-2,4-5,8-10H2;11-12,15H,4-10H2,1-3H3;1H/t15-;2*12-;/m000./s1. The predicted molar refractivity (Wildman–Crippen MR) is 266 cm³/mol. The van der Waals surface area contributed by atoms with E-state index >= 15 is 0 Å². The second-order valence-corrected chi connectivity index (χ2v) is 21.8. The first-order valence-corrected chi connectivity index (χ1v) is 25.5. The van der Waals surface area contributed by atoms with Crippen molar-refractivity contribution in [2.75, 3.05) is 39.3 Å². The maximum absolute atomic E-state index is 13.9. The van der Waals surface area contributed by atoms with Crippen LogP contribution < -0.4 is 10.6 Å². The highest BCUT2D eigenvalue weighted by Gasteiger charge is 2.40. The molecule has 3 heterocycles. The van der Waals surface area contributed by atoms with E-state index in [1.165, 1.54) is 43.9 Å². The van der Waals surface area contributed by atoms with Crippen molar-refractivity contribution in [2.24, 2.45) is 0 Å². The minimum atomic E-state index is -0.597. The smallest absolute Gasteiger partial charge is 0.410 e. The first kappa shape index (κ1) is 55.5. The molecule has 0 radical (unpaired) electrons. The molecule has 2 N–H and O–H groups in total. The van der Waals surface area contributed by atoms with Gasteiger partial charge in [0.15, 0.2) is 0 Å². The number of carbonyl (C=O) groups is 4. The number of rotatable bonds is 8. The number of hydrogen-bond acceptors (Lipinski definition) is 8. The molecule has 3 aliphatic heterocycles. The molecule has 0 aromatic heterocycles. The highest BCUT2D eigenvalue weighted by Crippen LogP contribution is 2.34. The molecule has 0 bridgehead atoms. The average molecular weight is 1010 g/mol. The number of ether oxygens (including phenoxy) is 2. The molecule has 6 aliphatic rings. The molecule has 3 aliphatic carbocycles. The summed E-state index contributed by atoms with van der Waals surface area (Å²) in [6, 6.07) is 10.3. The van der Waals surface area contributed by atoms with Crippen molar-refractivity contribution in [3.05, 3.63) is 69.2 Å². The molecule has 17 heteroatoms. The topological polar surface area (TPSA) is 124 Å². The molecule has 0 unspecified atom stereocenters. The van der Waals surface area contributed by atoms with Crippen molar-refractivity contribution in [1.82, 2.24) is 30.2 Å². The van der Waals surface area contributed by atoms with E-state index in [-0.39, 0.29) is 81.7 Å². The monoisotopic (exact) mass is 1010 g/mol. The van der Waals surface area contributed by atoms with E-state index in [0.717, 1.165) is 90.4 Å². The lowest BCUT2D eigenvalue weighted by Gasteiger charge is -2.35. The van der Waals surface area contributed by atoms with E-state index in [9.17, 15) is 28.0 Å². The third-order valence-corrected chi connectivity index (χ3v) is 14.3. The number of hydrogen-bond donors (Lipinski definition) is 2. The number of nitrogens with zero attached hydrogens (tertiary/aromatic N) is 4. The van der Waals surface area contributed by atoms with Crippen molar-refractivity contribution in [3.63, 3.8) is 0 Å². The average Bonchev–Trinajstić information content (AvgIpc) is 4.12. The Morgan fingerprint density at radius 1 is 0.603 bits per heavy atom. The molecule has 3 saturated carbocycles. The zero-order chi connectivity index (χ0) is 48.5. The normalized spacial score (nSPS) is 22.2. The maximum Gasteiger partial charge on any atom is 0.410 e. The maximum atomic E-state index is 13.9. The van der Waals surface area contributed by atoms with Gasteiger partial charge in [0.05, 0.1) is 27.2 Å². The summed E-state index contributed by atoms with van der Waals surface area (Å²) >= 11 is 12.1. The summed E-state index contributed by atoms with van der Waals surface area (Å²) in [4.78, 5) is 57.9. The van der Waals surface area contributed by atoms with Gasteiger partial charge in [-0.2, -0.15) is 0 Å². The zero-order valence-electron chi connectivity index (χ0n) is 40.9. The van der Waals surface area contributed by atoms with Gasteiger partial charge < -0.3 is 39.7 Å². The fourth-order valence-electron chi connectivity index (χ4n) is 10.4. The second-order valence-electron chi connectivity index (χ2n) is 21.1. The lowest BCUT2D eigenvalue weighted by atomic mass is 10.1. The minimum Gasteiger partial charge on any atom is -0.444 e. The number of likely N-dealkylation sites (tertiary alicyclic amines) is 2. The zero-order valence-corrected chi connectivity index (χ0v) is 43.3. The first-order valence-electron chi connectivity index (χ1n) is 24.8. The summed E-state index contributed by atoms with van der Waals surface area (Å²) < 4.78 is 38.4. The van der Waals surface area contributed by atoms with Crippen molar-refractivity contribution < 1.29 is 37.4 Å². The van der Waals surface area contributed by atoms with Crippen LogP contribution in [-0.2, 0) is 9.47 Å². The van der Waals surface area contributed by atoms with Crippen LogP contribution in [0.15, 0.2) is 36.4 Å². The van der Waals surface area contributed by atoms with Crippen molar-refractivity contribution in [2.45, 2.75) is 185 Å². The predicted octanol–water partition coefficient (Wildman–Crippen LogP) is 11.0. The molecule has 4 amide bonds. The van der Waals surface area contributed by atoms with Crippen LogP contribution in [-0.4, -0.2) is 130 Å². The molecule has 0 spiro atoms. The molecule has 8 rings (SSSR count). The van der Waals surface area contributed by atoms with E-state index in [0.29, 0.717) is 31.6 Å². The van der Waals surface area contributed by atoms with Gasteiger partial charge in [-0.05, 0) is 130 Å². The lowest BCUT2D eigenvalue weighted by Crippen LogP contribution is -2.48. The van der Waals surface area contributed by atoms with Crippen LogP contribution in [0.25, 0.3) is 0 Å². The molecule has 3 atom stereocenters. The van der Waals surface area contributed by atoms with Crippen LogP contribution in [0.2, 0.25) is 10.0 Å². The van der Waals surface area contributed by atoms with E-state index in [4.69, 9.17) is 32.7 Å². The van der Waals surface area contributed by atoms with Crippen LogP contribution in [0.5, 0.6) is 0 Å². The summed E-state index contributed by atoms with van der Waals surface area (Å²) in [6.45, 7) is 15.5. The molecule has 3 saturated heterocycles. The molecule has 2 aromatic rings. The van der Waals surface area contributed by atoms with Crippen LogP contribution in [0.3, 0.4) is 0 Å². The van der Waals surface area contributed by atoms with Crippen LogP contribution in [0.1, 0.15) is 159 Å². The van der Waals surface area contributed by atoms with Gasteiger partial charge in [-0.3, -0.25) is 9.59 Å². The molecule has 12 nitrogen and oxygen atoms in total.